The molecule has 1 N–H and O–H groups in total. The van der Waals surface area contributed by atoms with Crippen LogP contribution in [0.5, 0.6) is 0 Å². The molecule has 1 heterocycles. The number of nitrogens with zero attached hydrogens (tertiary/aromatic N) is 2. The second-order valence-corrected chi connectivity index (χ2v) is 5.54. The summed E-state index contributed by atoms with van der Waals surface area (Å²) in [5, 5.41) is 3.41. The van der Waals surface area contributed by atoms with Gasteiger partial charge in [0.1, 0.15) is 10.8 Å². The van der Waals surface area contributed by atoms with Crippen LogP contribution in [0.2, 0.25) is 15.2 Å². The summed E-state index contributed by atoms with van der Waals surface area (Å²) in [6.45, 7) is 0. The van der Waals surface area contributed by atoms with E-state index in [1.165, 1.54) is 12.4 Å². The lowest BCUT2D eigenvalue weighted by atomic mass is 10.3. The number of hydrogen-bond donors (Lipinski definition) is 1. The van der Waals surface area contributed by atoms with Crippen LogP contribution in [0.15, 0.2) is 29.0 Å². The van der Waals surface area contributed by atoms with Gasteiger partial charge in [-0.25, -0.2) is 9.97 Å². The highest BCUT2D eigenvalue weighted by Crippen LogP contribution is 2.33. The Labute approximate surface area is 132 Å². The van der Waals surface area contributed by atoms with Crippen LogP contribution in [-0.2, 0) is 0 Å². The van der Waals surface area contributed by atoms with Crippen molar-refractivity contribution in [2.24, 2.45) is 0 Å². The maximum atomic E-state index is 11.9. The SMILES string of the molecule is O=C(Nc1c(Cl)cc(Br)cc1Cl)c1cnc(Cl)cn1. The Morgan fingerprint density at radius 2 is 1.74 bits per heavy atom. The van der Waals surface area contributed by atoms with E-state index in [-0.39, 0.29) is 10.8 Å². The average Bonchev–Trinajstić information content (AvgIpc) is 2.34. The summed E-state index contributed by atoms with van der Waals surface area (Å²) >= 11 is 20.8. The summed E-state index contributed by atoms with van der Waals surface area (Å²) in [5.41, 5.74) is 0.424. The van der Waals surface area contributed by atoms with E-state index in [1.54, 1.807) is 12.1 Å². The fourth-order valence-corrected chi connectivity index (χ4v) is 2.67. The molecule has 1 aromatic carbocycles. The van der Waals surface area contributed by atoms with Crippen molar-refractivity contribution in [2.75, 3.05) is 5.32 Å². The first-order chi connectivity index (χ1) is 8.97. The minimum Gasteiger partial charge on any atom is -0.318 e. The van der Waals surface area contributed by atoms with Gasteiger partial charge in [0.05, 0.1) is 28.1 Å². The number of hydrogen-bond acceptors (Lipinski definition) is 3. The summed E-state index contributed by atoms with van der Waals surface area (Å²) in [6.07, 6.45) is 2.54. The molecular formula is C11H5BrCl3N3O. The third-order valence-electron chi connectivity index (χ3n) is 2.10. The van der Waals surface area contributed by atoms with E-state index in [9.17, 15) is 4.79 Å². The van der Waals surface area contributed by atoms with Gasteiger partial charge < -0.3 is 5.32 Å². The second-order valence-electron chi connectivity index (χ2n) is 3.42. The highest BCUT2D eigenvalue weighted by Gasteiger charge is 2.13. The van der Waals surface area contributed by atoms with Gasteiger partial charge in [-0.15, -0.1) is 0 Å². The van der Waals surface area contributed by atoms with Crippen molar-refractivity contribution in [3.8, 4) is 0 Å². The van der Waals surface area contributed by atoms with Crippen molar-refractivity contribution in [3.63, 3.8) is 0 Å². The molecule has 1 amide bonds. The normalized spacial score (nSPS) is 10.3. The first-order valence-corrected chi connectivity index (χ1v) is 6.83. The molecule has 19 heavy (non-hydrogen) atoms. The van der Waals surface area contributed by atoms with Crippen LogP contribution < -0.4 is 5.32 Å². The standard InChI is InChI=1S/C11H5BrCl3N3O/c12-5-1-6(13)10(7(14)2-5)18-11(19)8-3-17-9(15)4-16-8/h1-4H,(H,18,19). The van der Waals surface area contributed by atoms with Crippen LogP contribution in [0.3, 0.4) is 0 Å². The quantitative estimate of drug-likeness (QED) is 0.836. The maximum absolute atomic E-state index is 11.9. The van der Waals surface area contributed by atoms with E-state index < -0.39 is 5.91 Å². The van der Waals surface area contributed by atoms with E-state index in [2.05, 4.69) is 31.2 Å². The van der Waals surface area contributed by atoms with Crippen LogP contribution in [0.4, 0.5) is 5.69 Å². The number of halogens is 4. The smallest absolute Gasteiger partial charge is 0.275 e. The lowest BCUT2D eigenvalue weighted by Crippen LogP contribution is -2.14. The first-order valence-electron chi connectivity index (χ1n) is 4.91. The van der Waals surface area contributed by atoms with Gasteiger partial charge in [-0.3, -0.25) is 4.79 Å². The Hall–Kier alpha value is -0.880. The molecule has 0 saturated heterocycles. The minimum absolute atomic E-state index is 0.111. The number of rotatable bonds is 2. The van der Waals surface area contributed by atoms with Crippen LogP contribution in [0.1, 0.15) is 10.5 Å². The molecule has 0 spiro atoms. The zero-order valence-electron chi connectivity index (χ0n) is 9.12. The Morgan fingerprint density at radius 3 is 2.26 bits per heavy atom. The lowest BCUT2D eigenvalue weighted by molar-refractivity contribution is 0.102. The van der Waals surface area contributed by atoms with Crippen molar-refractivity contribution >= 4 is 62.3 Å². The molecule has 0 unspecified atom stereocenters. The number of benzene rings is 1. The Bertz CT molecular complexity index is 611. The van der Waals surface area contributed by atoms with E-state index in [4.69, 9.17) is 34.8 Å². The van der Waals surface area contributed by atoms with Gasteiger partial charge in [-0.1, -0.05) is 50.7 Å². The fourth-order valence-electron chi connectivity index (χ4n) is 1.27. The summed E-state index contributed by atoms with van der Waals surface area (Å²) in [7, 11) is 0. The number of carbonyl (C=O) groups is 1. The number of amides is 1. The fraction of sp³-hybridized carbons (Fsp3) is 0. The lowest BCUT2D eigenvalue weighted by Gasteiger charge is -2.09. The van der Waals surface area contributed by atoms with Crippen LogP contribution in [0.25, 0.3) is 0 Å². The highest BCUT2D eigenvalue weighted by atomic mass is 79.9. The molecule has 2 rings (SSSR count). The number of carbonyl (C=O) groups excluding carboxylic acids is 1. The molecule has 4 nitrogen and oxygen atoms in total. The summed E-state index contributed by atoms with van der Waals surface area (Å²) < 4.78 is 0.715. The highest BCUT2D eigenvalue weighted by molar-refractivity contribution is 9.10. The maximum Gasteiger partial charge on any atom is 0.275 e. The van der Waals surface area contributed by atoms with Gasteiger partial charge in [0.2, 0.25) is 0 Å². The van der Waals surface area contributed by atoms with Gasteiger partial charge in [0, 0.05) is 4.47 Å². The van der Waals surface area contributed by atoms with Crippen molar-refractivity contribution in [2.45, 2.75) is 0 Å². The third-order valence-corrected chi connectivity index (χ3v) is 3.35. The summed E-state index contributed by atoms with van der Waals surface area (Å²) in [5.74, 6) is -0.477. The van der Waals surface area contributed by atoms with Gasteiger partial charge in [0.25, 0.3) is 5.91 Å². The monoisotopic (exact) mass is 379 g/mol. The first kappa shape index (κ1) is 14.5. The van der Waals surface area contributed by atoms with Gasteiger partial charge >= 0.3 is 0 Å². The second kappa shape index (κ2) is 6.05. The largest absolute Gasteiger partial charge is 0.318 e. The number of anilines is 1. The molecule has 1 aromatic heterocycles. The number of nitrogens with one attached hydrogen (secondary N) is 1. The molecule has 0 aliphatic rings. The van der Waals surface area contributed by atoms with Crippen molar-refractivity contribution in [3.05, 3.63) is 49.9 Å². The van der Waals surface area contributed by atoms with Gasteiger partial charge in [-0.2, -0.15) is 0 Å². The summed E-state index contributed by atoms with van der Waals surface area (Å²) in [6, 6.07) is 3.24. The molecule has 0 aliphatic heterocycles. The molecule has 0 fully saturated rings. The molecule has 0 saturated carbocycles. The molecule has 8 heteroatoms. The predicted molar refractivity (Wildman–Crippen MR) is 79.2 cm³/mol. The molecule has 0 bridgehead atoms. The molecule has 0 atom stereocenters. The zero-order valence-corrected chi connectivity index (χ0v) is 13.0. The Kier molecular flexibility index (Phi) is 4.62. The third kappa shape index (κ3) is 3.57. The van der Waals surface area contributed by atoms with E-state index in [1.807, 2.05) is 0 Å². The van der Waals surface area contributed by atoms with E-state index >= 15 is 0 Å². The van der Waals surface area contributed by atoms with Crippen molar-refractivity contribution < 1.29 is 4.79 Å². The van der Waals surface area contributed by atoms with Gasteiger partial charge in [-0.05, 0) is 12.1 Å². The van der Waals surface area contributed by atoms with Gasteiger partial charge in [0.15, 0.2) is 0 Å². The zero-order chi connectivity index (χ0) is 14.0. The topological polar surface area (TPSA) is 54.9 Å². The Balaban J connectivity index is 2.26. The number of aromatic nitrogens is 2. The van der Waals surface area contributed by atoms with Crippen molar-refractivity contribution in [1.29, 1.82) is 0 Å². The molecule has 98 valence electrons. The van der Waals surface area contributed by atoms with Crippen LogP contribution in [-0.4, -0.2) is 15.9 Å². The Morgan fingerprint density at radius 1 is 1.11 bits per heavy atom. The summed E-state index contributed by atoms with van der Waals surface area (Å²) in [4.78, 5) is 19.5. The minimum atomic E-state index is -0.477. The average molecular weight is 381 g/mol. The van der Waals surface area contributed by atoms with Crippen LogP contribution >= 0.6 is 50.7 Å². The van der Waals surface area contributed by atoms with Crippen LogP contribution in [0, 0.1) is 0 Å². The molecule has 0 aliphatic carbocycles. The molecule has 0 radical (unpaired) electrons. The molecular weight excluding hydrogens is 376 g/mol. The van der Waals surface area contributed by atoms with E-state index in [0.29, 0.717) is 20.2 Å². The van der Waals surface area contributed by atoms with E-state index in [0.717, 1.165) is 0 Å². The predicted octanol–water partition coefficient (Wildman–Crippen LogP) is 4.45. The van der Waals surface area contributed by atoms with Crippen molar-refractivity contribution in [1.82, 2.24) is 9.97 Å². The molecule has 2 aromatic rings.